The van der Waals surface area contributed by atoms with Crippen molar-refractivity contribution in [2.75, 3.05) is 13.2 Å². The minimum atomic E-state index is -0.153. The van der Waals surface area contributed by atoms with Gasteiger partial charge in [0.05, 0.1) is 13.2 Å². The van der Waals surface area contributed by atoms with Crippen LogP contribution in [-0.4, -0.2) is 35.6 Å². The normalized spacial score (nSPS) is 28.3. The Balaban J connectivity index is 1.83. The number of fused-ring (bicyclic) bond motifs is 5. The van der Waals surface area contributed by atoms with Gasteiger partial charge < -0.3 is 24.4 Å². The van der Waals surface area contributed by atoms with E-state index >= 15 is 0 Å². The van der Waals surface area contributed by atoms with E-state index in [1.807, 2.05) is 33.8 Å². The van der Waals surface area contributed by atoms with Gasteiger partial charge in [-0.15, -0.1) is 0 Å². The summed E-state index contributed by atoms with van der Waals surface area (Å²) < 4.78 is 17.5. The molecule has 5 rings (SSSR count). The Morgan fingerprint density at radius 3 is 2.07 bits per heavy atom. The summed E-state index contributed by atoms with van der Waals surface area (Å²) in [6.45, 7) is 9.00. The molecule has 0 amide bonds. The second-order valence-electron chi connectivity index (χ2n) is 7.91. The number of hydrogen-bond donors (Lipinski definition) is 2. The first-order chi connectivity index (χ1) is 12.9. The maximum Gasteiger partial charge on any atom is 0.125 e. The second kappa shape index (κ2) is 5.71. The first kappa shape index (κ1) is 17.0. The van der Waals surface area contributed by atoms with Crippen molar-refractivity contribution in [3.8, 4) is 22.6 Å². The Labute approximate surface area is 158 Å². The van der Waals surface area contributed by atoms with Gasteiger partial charge in [-0.2, -0.15) is 0 Å². The van der Waals surface area contributed by atoms with Crippen LogP contribution in [0.3, 0.4) is 0 Å². The number of hydrogen-bond acceptors (Lipinski definition) is 5. The quantitative estimate of drug-likeness (QED) is 0.747. The summed E-state index contributed by atoms with van der Waals surface area (Å²) in [4.78, 5) is 0. The molecule has 3 aliphatic rings. The molecule has 2 aromatic rings. The molecule has 5 heteroatoms. The van der Waals surface area contributed by atoms with Crippen LogP contribution in [0.4, 0.5) is 0 Å². The van der Waals surface area contributed by atoms with E-state index in [0.29, 0.717) is 24.7 Å². The molecule has 2 fully saturated rings. The minimum absolute atomic E-state index is 0.00948. The fourth-order valence-electron chi connectivity index (χ4n) is 4.39. The van der Waals surface area contributed by atoms with Gasteiger partial charge in [-0.05, 0) is 67.1 Å². The molecule has 142 valence electrons. The van der Waals surface area contributed by atoms with Crippen molar-refractivity contribution < 1.29 is 24.4 Å². The number of aromatic hydroxyl groups is 2. The molecule has 0 spiro atoms. The highest BCUT2D eigenvalue weighted by Crippen LogP contribution is 2.57. The van der Waals surface area contributed by atoms with E-state index in [4.69, 9.17) is 14.2 Å². The van der Waals surface area contributed by atoms with Crippen LogP contribution in [0.25, 0.3) is 11.1 Å². The van der Waals surface area contributed by atoms with E-state index in [1.165, 1.54) is 0 Å². The van der Waals surface area contributed by atoms with E-state index in [0.717, 1.165) is 44.5 Å². The van der Waals surface area contributed by atoms with Crippen molar-refractivity contribution in [2.45, 2.75) is 52.1 Å². The minimum Gasteiger partial charge on any atom is -0.508 e. The highest BCUT2D eigenvalue weighted by atomic mass is 16.6. The lowest BCUT2D eigenvalue weighted by Crippen LogP contribution is -2.06. The summed E-state index contributed by atoms with van der Waals surface area (Å²) in [6, 6.07) is 3.70. The predicted octanol–water partition coefficient (Wildman–Crippen LogP) is 3.91. The van der Waals surface area contributed by atoms with E-state index in [9.17, 15) is 10.2 Å². The van der Waals surface area contributed by atoms with Crippen LogP contribution in [0.15, 0.2) is 12.1 Å². The Morgan fingerprint density at radius 1 is 0.778 bits per heavy atom. The van der Waals surface area contributed by atoms with Crippen molar-refractivity contribution >= 4 is 0 Å². The third kappa shape index (κ3) is 2.42. The number of phenols is 2. The molecule has 3 heterocycles. The zero-order chi connectivity index (χ0) is 19.0. The molecule has 0 aliphatic carbocycles. The number of benzene rings is 2. The van der Waals surface area contributed by atoms with Crippen molar-refractivity contribution in [2.24, 2.45) is 0 Å². The summed E-state index contributed by atoms with van der Waals surface area (Å²) in [5, 5.41) is 21.1. The van der Waals surface area contributed by atoms with Crippen molar-refractivity contribution in [1.82, 2.24) is 0 Å². The molecule has 3 aliphatic heterocycles. The molecule has 2 aromatic carbocycles. The average molecular weight is 368 g/mol. The average Bonchev–Trinajstić information content (AvgIpc) is 3.56. The number of epoxide rings is 2. The van der Waals surface area contributed by atoms with Crippen LogP contribution < -0.4 is 0 Å². The number of phenolic OH excluding ortho intramolecular Hbond substituents is 2. The monoisotopic (exact) mass is 368 g/mol. The standard InChI is InChI=1S/C22H24O5/c1-9-10(2)14(23)6-5-13(9)17-11(3)12(4)20(24)19-18(17)21-15(26-21)7-25-8-16-22(19)27-16/h5-6,15-16,21-24H,7-8H2,1-4H3. The van der Waals surface area contributed by atoms with Gasteiger partial charge >= 0.3 is 0 Å². The van der Waals surface area contributed by atoms with Gasteiger partial charge in [0.2, 0.25) is 0 Å². The maximum atomic E-state index is 11.0. The van der Waals surface area contributed by atoms with E-state index < -0.39 is 0 Å². The lowest BCUT2D eigenvalue weighted by molar-refractivity contribution is 0.102. The Hall–Kier alpha value is -2.08. The second-order valence-corrected chi connectivity index (χ2v) is 7.91. The molecule has 2 N–H and O–H groups in total. The molecular formula is C22H24O5. The van der Waals surface area contributed by atoms with Crippen LogP contribution in [-0.2, 0) is 14.2 Å². The van der Waals surface area contributed by atoms with Gasteiger partial charge in [0, 0.05) is 11.1 Å². The molecule has 0 saturated carbocycles. The number of rotatable bonds is 1. The van der Waals surface area contributed by atoms with Gasteiger partial charge in [-0.3, -0.25) is 0 Å². The van der Waals surface area contributed by atoms with Crippen molar-refractivity contribution in [3.05, 3.63) is 45.5 Å². The smallest absolute Gasteiger partial charge is 0.125 e. The summed E-state index contributed by atoms with van der Waals surface area (Å²) >= 11 is 0. The lowest BCUT2D eigenvalue weighted by Gasteiger charge is -2.22. The van der Waals surface area contributed by atoms with Crippen LogP contribution in [0, 0.1) is 27.7 Å². The summed E-state index contributed by atoms with van der Waals surface area (Å²) in [5.74, 6) is 0.603. The van der Waals surface area contributed by atoms with Gasteiger partial charge in [0.15, 0.2) is 0 Å². The highest BCUT2D eigenvalue weighted by molar-refractivity contribution is 5.81. The molecule has 27 heavy (non-hydrogen) atoms. The van der Waals surface area contributed by atoms with E-state index in [1.54, 1.807) is 6.07 Å². The zero-order valence-corrected chi connectivity index (χ0v) is 16.0. The fourth-order valence-corrected chi connectivity index (χ4v) is 4.39. The summed E-state index contributed by atoms with van der Waals surface area (Å²) in [7, 11) is 0. The molecule has 0 radical (unpaired) electrons. The van der Waals surface area contributed by atoms with Crippen molar-refractivity contribution in [3.63, 3.8) is 0 Å². The van der Waals surface area contributed by atoms with Crippen LogP contribution in [0.1, 0.15) is 45.6 Å². The molecule has 4 unspecified atom stereocenters. The molecule has 0 aromatic heterocycles. The largest absolute Gasteiger partial charge is 0.508 e. The highest BCUT2D eigenvalue weighted by Gasteiger charge is 2.52. The topological polar surface area (TPSA) is 74.8 Å². The zero-order valence-electron chi connectivity index (χ0n) is 16.0. The molecular weight excluding hydrogens is 344 g/mol. The third-order valence-electron chi connectivity index (χ3n) is 6.43. The fraction of sp³-hybridized carbons (Fsp3) is 0.455. The SMILES string of the molecule is Cc1c(O)ccc(-c2c(C)c(C)c(O)c3c2C2OC2COCC2OC32)c1C. The third-order valence-corrected chi connectivity index (χ3v) is 6.43. The van der Waals surface area contributed by atoms with Crippen molar-refractivity contribution in [1.29, 1.82) is 0 Å². The van der Waals surface area contributed by atoms with Gasteiger partial charge in [0.25, 0.3) is 0 Å². The first-order valence-electron chi connectivity index (χ1n) is 9.44. The lowest BCUT2D eigenvalue weighted by atomic mass is 9.82. The number of ether oxygens (including phenoxy) is 3. The van der Waals surface area contributed by atoms with Gasteiger partial charge in [-0.25, -0.2) is 0 Å². The van der Waals surface area contributed by atoms with E-state index in [2.05, 4.69) is 0 Å². The van der Waals surface area contributed by atoms with Crippen LogP contribution >= 0.6 is 0 Å². The maximum absolute atomic E-state index is 11.0. The Morgan fingerprint density at radius 2 is 1.41 bits per heavy atom. The molecule has 2 saturated heterocycles. The van der Waals surface area contributed by atoms with Gasteiger partial charge in [0.1, 0.15) is 35.9 Å². The molecule has 4 atom stereocenters. The summed E-state index contributed by atoms with van der Waals surface area (Å²) in [5.41, 5.74) is 7.82. The predicted molar refractivity (Wildman–Crippen MR) is 100 cm³/mol. The Bertz CT molecular complexity index is 964. The Kier molecular flexibility index (Phi) is 3.60. The van der Waals surface area contributed by atoms with Gasteiger partial charge in [-0.1, -0.05) is 6.07 Å². The van der Waals surface area contributed by atoms with Crippen LogP contribution in [0.5, 0.6) is 11.5 Å². The van der Waals surface area contributed by atoms with E-state index in [-0.39, 0.29) is 24.4 Å². The van der Waals surface area contributed by atoms with Crippen LogP contribution in [0.2, 0.25) is 0 Å². The molecule has 0 bridgehead atoms. The molecule has 5 nitrogen and oxygen atoms in total. The first-order valence-corrected chi connectivity index (χ1v) is 9.44. The summed E-state index contributed by atoms with van der Waals surface area (Å²) in [6.07, 6.45) is -0.249.